The van der Waals surface area contributed by atoms with Crippen molar-refractivity contribution in [2.75, 3.05) is 5.73 Å². The van der Waals surface area contributed by atoms with Crippen molar-refractivity contribution in [2.24, 2.45) is 0 Å². The van der Waals surface area contributed by atoms with Crippen LogP contribution in [-0.4, -0.2) is 13.7 Å². The number of allylic oxidation sites excluding steroid dienone is 1. The van der Waals surface area contributed by atoms with Crippen LogP contribution in [0.4, 0.5) is 5.69 Å². The van der Waals surface area contributed by atoms with Crippen LogP contribution in [0.15, 0.2) is 225 Å². The van der Waals surface area contributed by atoms with Gasteiger partial charge in [0, 0.05) is 61.3 Å². The molecule has 0 aliphatic rings. The molecule has 0 fully saturated rings. The number of benzene rings is 9. The summed E-state index contributed by atoms with van der Waals surface area (Å²) in [4.78, 5) is 0. The number of hydrogen-bond acceptors (Lipinski definition) is 1. The molecule has 0 spiro atoms. The fraction of sp³-hybridized carbons (Fsp3) is 0.125. The number of aryl methyl sites for hydroxylation is 1. The first-order valence-electron chi connectivity index (χ1n) is 23.8. The van der Waals surface area contributed by atoms with Crippen LogP contribution in [0.2, 0.25) is 0 Å². The van der Waals surface area contributed by atoms with E-state index in [4.69, 9.17) is 5.73 Å². The van der Waals surface area contributed by atoms with Gasteiger partial charge in [0.25, 0.3) is 0 Å². The van der Waals surface area contributed by atoms with Crippen molar-refractivity contribution >= 4 is 71.0 Å². The highest BCUT2D eigenvalue weighted by molar-refractivity contribution is 6.20. The number of anilines is 1. The third kappa shape index (κ3) is 8.69. The first-order valence-corrected chi connectivity index (χ1v) is 23.8. The highest BCUT2D eigenvalue weighted by Crippen LogP contribution is 2.39. The van der Waals surface area contributed by atoms with Gasteiger partial charge in [0.1, 0.15) is 0 Å². The van der Waals surface area contributed by atoms with Gasteiger partial charge in [0.2, 0.25) is 0 Å². The van der Waals surface area contributed by atoms with Gasteiger partial charge < -0.3 is 19.4 Å². The van der Waals surface area contributed by atoms with Gasteiger partial charge in [-0.05, 0) is 127 Å². The second-order valence-corrected chi connectivity index (χ2v) is 18.1. The number of hydrogen-bond donors (Lipinski definition) is 1. The molecule has 4 heteroatoms. The zero-order valence-electron chi connectivity index (χ0n) is 40.1. The molecule has 9 aromatic carbocycles. The molecule has 0 amide bonds. The van der Waals surface area contributed by atoms with E-state index in [0.717, 1.165) is 11.4 Å². The van der Waals surface area contributed by atoms with Crippen LogP contribution in [0.3, 0.4) is 0 Å². The van der Waals surface area contributed by atoms with Crippen LogP contribution in [0.1, 0.15) is 63.1 Å². The third-order valence-electron chi connectivity index (χ3n) is 12.9. The lowest BCUT2D eigenvalue weighted by Gasteiger charge is -2.11. The maximum atomic E-state index is 5.72. The number of nitrogens with two attached hydrogens (primary N) is 1. The molecular weight excluding hydrogens is 825 g/mol. The monoisotopic (exact) mass is 884 g/mol. The van der Waals surface area contributed by atoms with E-state index in [0.29, 0.717) is 11.8 Å². The maximum absolute atomic E-state index is 5.72. The van der Waals surface area contributed by atoms with Gasteiger partial charge in [-0.3, -0.25) is 0 Å². The summed E-state index contributed by atoms with van der Waals surface area (Å²) in [5.74, 6) is 1.18. The average Bonchev–Trinajstić information content (AvgIpc) is 4.04. The van der Waals surface area contributed by atoms with Crippen molar-refractivity contribution < 1.29 is 0 Å². The highest BCUT2D eigenvalue weighted by atomic mass is 15.0. The standard InChI is InChI=1S/C42H27N3.C10H14.C9H13N.C3H6/c1-3-11-30(12-4-1)44-38-17-9-8-16-34(38)37-27-32(20-22-40(37)44)43-24-23-29-25-36-28(26-41(29)43)19-21-35-33-15-7-10-18-39(33)45(42(35)36)31-13-5-2-6-14-31;1-8(2)10-7-5-4-6-9(10)3;1-7(2)8-5-3-4-6-9(8)10;1-3-2/h1-27H;4-8H,1-3H3;3-7H,10H2,1-2H3;3H,1H2,2H3. The van der Waals surface area contributed by atoms with E-state index in [9.17, 15) is 0 Å². The summed E-state index contributed by atoms with van der Waals surface area (Å²) in [6.45, 7) is 16.2. The molecule has 0 atom stereocenters. The minimum atomic E-state index is 0.529. The quantitative estimate of drug-likeness (QED) is 0.136. The molecule has 4 nitrogen and oxygen atoms in total. The minimum absolute atomic E-state index is 0.529. The van der Waals surface area contributed by atoms with E-state index >= 15 is 0 Å². The maximum Gasteiger partial charge on any atom is 0.0619 e. The van der Waals surface area contributed by atoms with Crippen LogP contribution in [0.5, 0.6) is 0 Å². The second kappa shape index (κ2) is 19.8. The predicted octanol–water partition coefficient (Wildman–Crippen LogP) is 17.7. The van der Waals surface area contributed by atoms with E-state index < -0.39 is 0 Å². The molecule has 12 aromatic rings. The Balaban J connectivity index is 0.000000207. The molecule has 3 aromatic heterocycles. The molecule has 336 valence electrons. The lowest BCUT2D eigenvalue weighted by atomic mass is 9.99. The Bertz CT molecular complexity index is 3630. The van der Waals surface area contributed by atoms with Crippen LogP contribution < -0.4 is 5.73 Å². The Morgan fingerprint density at radius 3 is 1.56 bits per heavy atom. The molecular formula is C64H60N4. The Hall–Kier alpha value is -8.08. The van der Waals surface area contributed by atoms with E-state index in [1.807, 2.05) is 25.1 Å². The van der Waals surface area contributed by atoms with E-state index in [2.05, 4.69) is 249 Å². The lowest BCUT2D eigenvalue weighted by Crippen LogP contribution is -1.95. The number of rotatable bonds is 5. The van der Waals surface area contributed by atoms with Crippen molar-refractivity contribution in [3.8, 4) is 17.1 Å². The molecule has 0 unspecified atom stereocenters. The van der Waals surface area contributed by atoms with E-state index in [1.54, 1.807) is 6.08 Å². The summed E-state index contributed by atoms with van der Waals surface area (Å²) in [6.07, 6.45) is 3.96. The van der Waals surface area contributed by atoms with Gasteiger partial charge in [-0.1, -0.05) is 161 Å². The SMILES string of the molecule is C=CC.CC(C)c1ccccc1N.Cc1ccccc1C(C)C.c1ccc(-n2c3ccccc3c3cc(-n4ccc5cc6c(ccc7c8ccccc8n(-c8ccccc8)c67)cc54)ccc32)cc1. The highest BCUT2D eigenvalue weighted by Gasteiger charge is 2.17. The molecule has 0 saturated heterocycles. The largest absolute Gasteiger partial charge is 0.398 e. The van der Waals surface area contributed by atoms with Gasteiger partial charge in [0.05, 0.1) is 27.6 Å². The summed E-state index contributed by atoms with van der Waals surface area (Å²) in [7, 11) is 0. The summed E-state index contributed by atoms with van der Waals surface area (Å²) in [5.41, 5.74) is 20.4. The fourth-order valence-corrected chi connectivity index (χ4v) is 9.72. The average molecular weight is 885 g/mol. The van der Waals surface area contributed by atoms with Crippen LogP contribution in [-0.2, 0) is 0 Å². The van der Waals surface area contributed by atoms with Crippen LogP contribution in [0.25, 0.3) is 82.3 Å². The molecule has 0 saturated carbocycles. The molecule has 0 aliphatic carbocycles. The molecule has 0 bridgehead atoms. The second-order valence-electron chi connectivity index (χ2n) is 18.1. The zero-order chi connectivity index (χ0) is 47.3. The lowest BCUT2D eigenvalue weighted by molar-refractivity contribution is 0.856. The van der Waals surface area contributed by atoms with Crippen molar-refractivity contribution in [1.82, 2.24) is 13.7 Å². The smallest absolute Gasteiger partial charge is 0.0619 e. The Morgan fingerprint density at radius 1 is 0.426 bits per heavy atom. The van der Waals surface area contributed by atoms with Crippen molar-refractivity contribution in [1.29, 1.82) is 0 Å². The number of nitrogen functional groups attached to an aromatic ring is 1. The van der Waals surface area contributed by atoms with Gasteiger partial charge in [-0.25, -0.2) is 0 Å². The first-order chi connectivity index (χ1) is 33.2. The summed E-state index contributed by atoms with van der Waals surface area (Å²) in [5, 5.41) is 8.79. The van der Waals surface area contributed by atoms with Gasteiger partial charge >= 0.3 is 0 Å². The predicted molar refractivity (Wildman–Crippen MR) is 296 cm³/mol. The Kier molecular flexibility index (Phi) is 13.1. The van der Waals surface area contributed by atoms with Gasteiger partial charge in [0.15, 0.2) is 0 Å². The summed E-state index contributed by atoms with van der Waals surface area (Å²) >= 11 is 0. The molecule has 2 N–H and O–H groups in total. The number of fused-ring (bicyclic) bond motifs is 9. The van der Waals surface area contributed by atoms with E-state index in [-0.39, 0.29) is 0 Å². The summed E-state index contributed by atoms with van der Waals surface area (Å²) in [6, 6.07) is 73.8. The molecule has 0 aliphatic heterocycles. The Labute approximate surface area is 400 Å². The topological polar surface area (TPSA) is 40.8 Å². The van der Waals surface area contributed by atoms with Gasteiger partial charge in [-0.2, -0.15) is 0 Å². The van der Waals surface area contributed by atoms with Crippen molar-refractivity contribution in [3.63, 3.8) is 0 Å². The van der Waals surface area contributed by atoms with Crippen molar-refractivity contribution in [2.45, 2.75) is 53.4 Å². The molecule has 3 heterocycles. The van der Waals surface area contributed by atoms with Crippen LogP contribution >= 0.6 is 0 Å². The number of nitrogens with zero attached hydrogens (tertiary/aromatic N) is 3. The van der Waals surface area contributed by atoms with Crippen LogP contribution in [0, 0.1) is 6.92 Å². The first kappa shape index (κ1) is 45.1. The Morgan fingerprint density at radius 2 is 0.956 bits per heavy atom. The third-order valence-corrected chi connectivity index (χ3v) is 12.9. The normalized spacial score (nSPS) is 11.2. The molecule has 0 radical (unpaired) electrons. The number of para-hydroxylation sites is 5. The zero-order valence-corrected chi connectivity index (χ0v) is 40.1. The number of aromatic nitrogens is 3. The molecule has 68 heavy (non-hydrogen) atoms. The van der Waals surface area contributed by atoms with Gasteiger partial charge in [-0.15, -0.1) is 6.58 Å². The minimum Gasteiger partial charge on any atom is -0.398 e. The fourth-order valence-electron chi connectivity index (χ4n) is 9.72. The summed E-state index contributed by atoms with van der Waals surface area (Å²) < 4.78 is 7.12. The molecule has 12 rings (SSSR count). The van der Waals surface area contributed by atoms with E-state index in [1.165, 1.54) is 93.4 Å². The van der Waals surface area contributed by atoms with Crippen molar-refractivity contribution in [3.05, 3.63) is 242 Å².